The second kappa shape index (κ2) is 9.73. The predicted molar refractivity (Wildman–Crippen MR) is 108 cm³/mol. The minimum Gasteiger partial charge on any atom is -0.462 e. The third-order valence-electron chi connectivity index (χ3n) is 4.53. The van der Waals surface area contributed by atoms with Crippen LogP contribution in [-0.2, 0) is 28.9 Å². The van der Waals surface area contributed by atoms with E-state index in [1.807, 2.05) is 29.7 Å². The lowest BCUT2D eigenvalue weighted by Gasteiger charge is -2.08. The van der Waals surface area contributed by atoms with E-state index < -0.39 is 0 Å². The van der Waals surface area contributed by atoms with Crippen molar-refractivity contribution in [1.82, 2.24) is 19.7 Å². The van der Waals surface area contributed by atoms with Gasteiger partial charge in [-0.1, -0.05) is 12.1 Å². The Morgan fingerprint density at radius 2 is 1.97 bits per heavy atom. The van der Waals surface area contributed by atoms with E-state index in [0.29, 0.717) is 31.6 Å². The van der Waals surface area contributed by atoms with Crippen LogP contribution in [0.25, 0.3) is 11.4 Å². The first kappa shape index (κ1) is 20.4. The highest BCUT2D eigenvalue weighted by Crippen LogP contribution is 2.18. The van der Waals surface area contributed by atoms with Gasteiger partial charge in [0.2, 0.25) is 0 Å². The molecule has 0 fully saturated rings. The molecule has 2 heterocycles. The molecule has 1 aromatic carbocycles. The van der Waals surface area contributed by atoms with Crippen molar-refractivity contribution in [1.29, 1.82) is 0 Å². The SMILES string of the molecule is CCOC(=O)c1cccc(CC(=O)CCc2nnc(-c3cccnc3)n2CC)c1. The van der Waals surface area contributed by atoms with Crippen molar-refractivity contribution in [3.63, 3.8) is 0 Å². The van der Waals surface area contributed by atoms with Crippen molar-refractivity contribution in [2.24, 2.45) is 0 Å². The van der Waals surface area contributed by atoms with Gasteiger partial charge in [-0.25, -0.2) is 4.79 Å². The molecule has 29 heavy (non-hydrogen) atoms. The van der Waals surface area contributed by atoms with Crippen LogP contribution >= 0.6 is 0 Å². The van der Waals surface area contributed by atoms with Crippen LogP contribution in [0.1, 0.15) is 42.0 Å². The summed E-state index contributed by atoms with van der Waals surface area (Å²) in [5, 5.41) is 8.55. The monoisotopic (exact) mass is 392 g/mol. The zero-order valence-corrected chi connectivity index (χ0v) is 16.7. The number of ketones is 1. The first-order chi connectivity index (χ1) is 14.1. The van der Waals surface area contributed by atoms with E-state index in [9.17, 15) is 9.59 Å². The molecule has 0 unspecified atom stereocenters. The maximum atomic E-state index is 12.5. The Hall–Kier alpha value is -3.35. The zero-order chi connectivity index (χ0) is 20.6. The van der Waals surface area contributed by atoms with Crippen molar-refractivity contribution in [3.05, 3.63) is 65.7 Å². The first-order valence-corrected chi connectivity index (χ1v) is 9.72. The number of carbonyl (C=O) groups excluding carboxylic acids is 2. The molecule has 2 aromatic heterocycles. The highest BCUT2D eigenvalue weighted by atomic mass is 16.5. The number of rotatable bonds is 9. The number of carbonyl (C=O) groups is 2. The van der Waals surface area contributed by atoms with E-state index in [0.717, 1.165) is 22.8 Å². The number of aryl methyl sites for hydroxylation is 1. The fraction of sp³-hybridized carbons (Fsp3) is 0.318. The van der Waals surface area contributed by atoms with Crippen molar-refractivity contribution in [3.8, 4) is 11.4 Å². The summed E-state index contributed by atoms with van der Waals surface area (Å²) < 4.78 is 7.02. The first-order valence-electron chi connectivity index (χ1n) is 9.72. The zero-order valence-electron chi connectivity index (χ0n) is 16.7. The highest BCUT2D eigenvalue weighted by molar-refractivity contribution is 5.90. The van der Waals surface area contributed by atoms with Gasteiger partial charge < -0.3 is 9.30 Å². The number of hydrogen-bond acceptors (Lipinski definition) is 6. The molecule has 0 radical (unpaired) electrons. The second-order valence-electron chi connectivity index (χ2n) is 6.56. The molecule has 0 saturated heterocycles. The van der Waals surface area contributed by atoms with E-state index in [-0.39, 0.29) is 18.2 Å². The average molecular weight is 392 g/mol. The van der Waals surface area contributed by atoms with Crippen LogP contribution in [0.15, 0.2) is 48.8 Å². The molecular formula is C22H24N4O3. The van der Waals surface area contributed by atoms with Gasteiger partial charge in [0.25, 0.3) is 0 Å². The van der Waals surface area contributed by atoms with Gasteiger partial charge in [0, 0.05) is 43.8 Å². The summed E-state index contributed by atoms with van der Waals surface area (Å²) in [7, 11) is 0. The summed E-state index contributed by atoms with van der Waals surface area (Å²) >= 11 is 0. The van der Waals surface area contributed by atoms with Gasteiger partial charge in [-0.05, 0) is 43.7 Å². The van der Waals surface area contributed by atoms with E-state index >= 15 is 0 Å². The fourth-order valence-electron chi connectivity index (χ4n) is 3.15. The summed E-state index contributed by atoms with van der Waals surface area (Å²) in [6.07, 6.45) is 4.60. The smallest absolute Gasteiger partial charge is 0.338 e. The second-order valence-corrected chi connectivity index (χ2v) is 6.56. The normalized spacial score (nSPS) is 10.7. The molecule has 0 saturated carbocycles. The minimum absolute atomic E-state index is 0.0830. The lowest BCUT2D eigenvalue weighted by atomic mass is 10.0. The largest absolute Gasteiger partial charge is 0.462 e. The lowest BCUT2D eigenvalue weighted by Crippen LogP contribution is -2.10. The van der Waals surface area contributed by atoms with Crippen LogP contribution < -0.4 is 0 Å². The predicted octanol–water partition coefficient (Wildman–Crippen LogP) is 3.28. The Morgan fingerprint density at radius 3 is 2.69 bits per heavy atom. The fourth-order valence-corrected chi connectivity index (χ4v) is 3.15. The van der Waals surface area contributed by atoms with Crippen molar-refractivity contribution < 1.29 is 14.3 Å². The molecule has 0 aliphatic heterocycles. The van der Waals surface area contributed by atoms with E-state index in [1.165, 1.54) is 0 Å². The summed E-state index contributed by atoms with van der Waals surface area (Å²) in [4.78, 5) is 28.5. The average Bonchev–Trinajstić information content (AvgIpc) is 3.16. The molecule has 0 atom stereocenters. The van der Waals surface area contributed by atoms with Crippen LogP contribution in [0.4, 0.5) is 0 Å². The molecule has 0 aliphatic carbocycles. The van der Waals surface area contributed by atoms with Crippen molar-refractivity contribution in [2.75, 3.05) is 6.61 Å². The summed E-state index contributed by atoms with van der Waals surface area (Å²) in [5.41, 5.74) is 2.16. The molecular weight excluding hydrogens is 368 g/mol. The topological polar surface area (TPSA) is 87.0 Å². The van der Waals surface area contributed by atoms with E-state index in [2.05, 4.69) is 15.2 Å². The third-order valence-corrected chi connectivity index (χ3v) is 4.53. The Balaban J connectivity index is 1.64. The molecule has 0 amide bonds. The number of esters is 1. The lowest BCUT2D eigenvalue weighted by molar-refractivity contribution is -0.118. The number of hydrogen-bond donors (Lipinski definition) is 0. The van der Waals surface area contributed by atoms with Gasteiger partial charge in [0.05, 0.1) is 12.2 Å². The molecule has 150 valence electrons. The molecule has 0 aliphatic rings. The summed E-state index contributed by atoms with van der Waals surface area (Å²) in [6, 6.07) is 10.8. The van der Waals surface area contributed by atoms with Gasteiger partial charge >= 0.3 is 5.97 Å². The summed E-state index contributed by atoms with van der Waals surface area (Å²) in [5.74, 6) is 1.24. The van der Waals surface area contributed by atoms with E-state index in [1.54, 1.807) is 37.5 Å². The number of ether oxygens (including phenoxy) is 1. The molecule has 7 nitrogen and oxygen atoms in total. The van der Waals surface area contributed by atoms with Crippen molar-refractivity contribution >= 4 is 11.8 Å². The van der Waals surface area contributed by atoms with Crippen LogP contribution in [0, 0.1) is 0 Å². The van der Waals surface area contributed by atoms with Gasteiger partial charge in [0.1, 0.15) is 11.6 Å². The minimum atomic E-state index is -0.374. The van der Waals surface area contributed by atoms with Gasteiger partial charge in [-0.15, -0.1) is 10.2 Å². The maximum Gasteiger partial charge on any atom is 0.338 e. The Morgan fingerprint density at radius 1 is 1.10 bits per heavy atom. The van der Waals surface area contributed by atoms with Crippen LogP contribution in [0.3, 0.4) is 0 Å². The van der Waals surface area contributed by atoms with Crippen LogP contribution in [0.2, 0.25) is 0 Å². The quantitative estimate of drug-likeness (QED) is 0.520. The molecule has 0 bridgehead atoms. The standard InChI is InChI=1S/C22H24N4O3/c1-3-26-20(24-25-21(26)18-9-6-12-23-15-18)11-10-19(27)14-16-7-5-8-17(13-16)22(28)29-4-2/h5-9,12-13,15H,3-4,10-11,14H2,1-2H3. The molecule has 7 heteroatoms. The molecule has 0 N–H and O–H groups in total. The van der Waals surface area contributed by atoms with E-state index in [4.69, 9.17) is 4.74 Å². The van der Waals surface area contributed by atoms with Crippen molar-refractivity contribution in [2.45, 2.75) is 39.7 Å². The van der Waals surface area contributed by atoms with Crippen LogP contribution in [0.5, 0.6) is 0 Å². The Bertz CT molecular complexity index is 983. The number of Topliss-reactive ketones (excluding diaryl/α,β-unsaturated/α-hetero) is 1. The number of benzene rings is 1. The summed E-state index contributed by atoms with van der Waals surface area (Å²) in [6.45, 7) is 4.82. The highest BCUT2D eigenvalue weighted by Gasteiger charge is 2.15. The van der Waals surface area contributed by atoms with Gasteiger partial charge in [-0.2, -0.15) is 0 Å². The molecule has 3 aromatic rings. The third kappa shape index (κ3) is 5.13. The Kier molecular flexibility index (Phi) is 6.84. The van der Waals surface area contributed by atoms with Gasteiger partial charge in [0.15, 0.2) is 5.82 Å². The molecule has 3 rings (SSSR count). The van der Waals surface area contributed by atoms with Gasteiger partial charge in [-0.3, -0.25) is 9.78 Å². The molecule has 0 spiro atoms. The number of nitrogens with zero attached hydrogens (tertiary/aromatic N) is 4. The number of aromatic nitrogens is 4. The number of pyridine rings is 1. The Labute approximate surface area is 169 Å². The maximum absolute atomic E-state index is 12.5. The van der Waals surface area contributed by atoms with Crippen LogP contribution in [-0.4, -0.2) is 38.1 Å².